The number of carbonyl (C=O) groups is 1. The Morgan fingerprint density at radius 1 is 1.05 bits per heavy atom. The second-order valence-electron chi connectivity index (χ2n) is 3.90. The normalized spacial score (nSPS) is 11.1. The lowest BCUT2D eigenvalue weighted by molar-refractivity contribution is 0.102. The van der Waals surface area contributed by atoms with Crippen LogP contribution in [-0.4, -0.2) is 14.3 Å². The van der Waals surface area contributed by atoms with E-state index in [1.807, 2.05) is 0 Å². The molecule has 1 amide bonds. The monoisotopic (exact) mass is 357 g/mol. The van der Waals surface area contributed by atoms with Gasteiger partial charge >= 0.3 is 10.2 Å². The minimum Gasteiger partial charge on any atom is -0.321 e. The summed E-state index contributed by atoms with van der Waals surface area (Å²) in [6.45, 7) is 0. The van der Waals surface area contributed by atoms with Crippen LogP contribution >= 0.6 is 15.9 Å². The quantitative estimate of drug-likeness (QED) is 0.856. The molecule has 0 aromatic heterocycles. The highest BCUT2D eigenvalue weighted by atomic mass is 79.9. The van der Waals surface area contributed by atoms with E-state index in [0.29, 0.717) is 5.56 Å². The van der Waals surface area contributed by atoms with Crippen molar-refractivity contribution in [2.75, 3.05) is 5.32 Å². The lowest BCUT2D eigenvalue weighted by Gasteiger charge is -2.08. The summed E-state index contributed by atoms with van der Waals surface area (Å²) in [7, 11) is -4.89. The van der Waals surface area contributed by atoms with Crippen LogP contribution in [0, 0.1) is 0 Å². The largest absolute Gasteiger partial charge is 0.334 e. The number of rotatable bonds is 3. The molecule has 1 N–H and O–H groups in total. The summed E-state index contributed by atoms with van der Waals surface area (Å²) in [5, 5.41) is 2.38. The van der Waals surface area contributed by atoms with Crippen LogP contribution in [-0.2, 0) is 10.2 Å². The maximum atomic E-state index is 13.1. The first kappa shape index (κ1) is 14.7. The van der Waals surface area contributed by atoms with E-state index in [1.165, 1.54) is 18.2 Å². The van der Waals surface area contributed by atoms with E-state index in [4.69, 9.17) is 0 Å². The van der Waals surface area contributed by atoms with Crippen molar-refractivity contribution in [3.63, 3.8) is 0 Å². The number of amides is 1. The van der Waals surface area contributed by atoms with Crippen molar-refractivity contribution in [3.8, 4) is 0 Å². The van der Waals surface area contributed by atoms with Gasteiger partial charge in [0.25, 0.3) is 5.91 Å². The third kappa shape index (κ3) is 3.43. The predicted molar refractivity (Wildman–Crippen MR) is 76.8 cm³/mol. The molecule has 0 bridgehead atoms. The highest BCUT2D eigenvalue weighted by Crippen LogP contribution is 2.23. The van der Waals surface area contributed by atoms with E-state index in [0.717, 1.165) is 10.5 Å². The van der Waals surface area contributed by atoms with E-state index >= 15 is 0 Å². The minimum atomic E-state index is -4.89. The van der Waals surface area contributed by atoms with E-state index in [-0.39, 0.29) is 5.69 Å². The van der Waals surface area contributed by atoms with Gasteiger partial charge in [0.05, 0.1) is 5.69 Å². The summed E-state index contributed by atoms with van der Waals surface area (Å²) in [6, 6.07) is 11.8. The lowest BCUT2D eigenvalue weighted by atomic mass is 10.2. The fourth-order valence-corrected chi connectivity index (χ4v) is 2.47. The van der Waals surface area contributed by atoms with Crippen molar-refractivity contribution in [2.45, 2.75) is 4.90 Å². The maximum absolute atomic E-state index is 13.1. The summed E-state index contributed by atoms with van der Waals surface area (Å²) in [5.74, 6) is -0.520. The second-order valence-corrected chi connectivity index (χ2v) is 6.13. The average molecular weight is 358 g/mol. The lowest BCUT2D eigenvalue weighted by Crippen LogP contribution is -2.13. The number of carbonyl (C=O) groups excluding carboxylic acids is 1. The molecule has 0 saturated carbocycles. The van der Waals surface area contributed by atoms with E-state index in [9.17, 15) is 17.1 Å². The molecule has 0 heterocycles. The van der Waals surface area contributed by atoms with E-state index < -0.39 is 21.0 Å². The van der Waals surface area contributed by atoms with E-state index in [1.54, 1.807) is 24.3 Å². The topological polar surface area (TPSA) is 63.2 Å². The van der Waals surface area contributed by atoms with Crippen LogP contribution in [0.15, 0.2) is 57.9 Å². The first-order chi connectivity index (χ1) is 9.38. The fourth-order valence-electron chi connectivity index (χ4n) is 1.58. The zero-order valence-corrected chi connectivity index (χ0v) is 12.4. The smallest absolute Gasteiger partial charge is 0.321 e. The zero-order valence-electron chi connectivity index (χ0n) is 10.0. The molecule has 0 unspecified atom stereocenters. The fraction of sp³-hybridized carbons (Fsp3) is 0. The summed E-state index contributed by atoms with van der Waals surface area (Å²) in [5.41, 5.74) is 0.238. The van der Waals surface area contributed by atoms with Crippen LogP contribution in [0.4, 0.5) is 9.57 Å². The minimum absolute atomic E-state index is 0.0945. The molecule has 0 aliphatic rings. The first-order valence-electron chi connectivity index (χ1n) is 5.48. The molecule has 4 nitrogen and oxygen atoms in total. The van der Waals surface area contributed by atoms with Crippen LogP contribution in [0.25, 0.3) is 0 Å². The summed E-state index contributed by atoms with van der Waals surface area (Å²) in [6.07, 6.45) is 0. The van der Waals surface area contributed by atoms with Crippen LogP contribution in [0.3, 0.4) is 0 Å². The molecule has 20 heavy (non-hydrogen) atoms. The maximum Gasteiger partial charge on any atom is 0.334 e. The van der Waals surface area contributed by atoms with Crippen LogP contribution in [0.2, 0.25) is 0 Å². The van der Waals surface area contributed by atoms with Gasteiger partial charge in [-0.1, -0.05) is 28.1 Å². The molecular formula is C13H9BrFNO3S. The molecule has 0 radical (unpaired) electrons. The van der Waals surface area contributed by atoms with Gasteiger partial charge < -0.3 is 5.32 Å². The molecule has 0 aliphatic carbocycles. The second kappa shape index (κ2) is 5.72. The number of para-hydroxylation sites is 1. The molecule has 104 valence electrons. The Morgan fingerprint density at radius 2 is 1.65 bits per heavy atom. The molecule has 0 spiro atoms. The SMILES string of the molecule is O=C(Nc1ccccc1S(=O)(=O)F)c1ccc(Br)cc1. The molecule has 2 aromatic carbocycles. The predicted octanol–water partition coefficient (Wildman–Crippen LogP) is 3.36. The number of hydrogen-bond acceptors (Lipinski definition) is 3. The summed E-state index contributed by atoms with van der Waals surface area (Å²) in [4.78, 5) is 11.4. The van der Waals surface area contributed by atoms with Gasteiger partial charge in [0, 0.05) is 10.0 Å². The number of benzene rings is 2. The number of hydrogen-bond donors (Lipinski definition) is 1. The van der Waals surface area contributed by atoms with Crippen LogP contribution < -0.4 is 5.32 Å². The van der Waals surface area contributed by atoms with Crippen molar-refractivity contribution in [2.24, 2.45) is 0 Å². The van der Waals surface area contributed by atoms with Gasteiger partial charge in [-0.2, -0.15) is 8.42 Å². The molecule has 0 fully saturated rings. The van der Waals surface area contributed by atoms with Crippen molar-refractivity contribution in [1.29, 1.82) is 0 Å². The molecule has 0 aliphatic heterocycles. The van der Waals surface area contributed by atoms with Gasteiger partial charge in [0.15, 0.2) is 0 Å². The Balaban J connectivity index is 2.31. The Bertz CT molecular complexity index is 744. The first-order valence-corrected chi connectivity index (χ1v) is 7.66. The van der Waals surface area contributed by atoms with Gasteiger partial charge in [0.1, 0.15) is 4.90 Å². The van der Waals surface area contributed by atoms with Gasteiger partial charge in [-0.15, -0.1) is 3.89 Å². The average Bonchev–Trinajstić information content (AvgIpc) is 2.38. The zero-order chi connectivity index (χ0) is 14.8. The molecule has 2 rings (SSSR count). The van der Waals surface area contributed by atoms with Gasteiger partial charge in [-0.25, -0.2) is 0 Å². The molecule has 0 saturated heterocycles. The Labute approximate surface area is 124 Å². The molecule has 2 aromatic rings. The molecule has 0 atom stereocenters. The van der Waals surface area contributed by atoms with Gasteiger partial charge in [-0.3, -0.25) is 4.79 Å². The summed E-state index contributed by atoms with van der Waals surface area (Å²) >= 11 is 3.24. The van der Waals surface area contributed by atoms with E-state index in [2.05, 4.69) is 21.2 Å². The van der Waals surface area contributed by atoms with Gasteiger partial charge in [-0.05, 0) is 36.4 Å². The highest BCUT2D eigenvalue weighted by molar-refractivity contribution is 9.10. The number of halogens is 2. The number of nitrogens with one attached hydrogen (secondary N) is 1. The van der Waals surface area contributed by atoms with Crippen molar-refractivity contribution in [1.82, 2.24) is 0 Å². The Kier molecular flexibility index (Phi) is 4.20. The highest BCUT2D eigenvalue weighted by Gasteiger charge is 2.18. The van der Waals surface area contributed by atoms with Crippen molar-refractivity contribution in [3.05, 3.63) is 58.6 Å². The standard InChI is InChI=1S/C13H9BrFNO3S/c14-10-7-5-9(6-8-10)13(17)16-11-3-1-2-4-12(11)20(15,18)19/h1-8H,(H,16,17). The summed E-state index contributed by atoms with van der Waals surface area (Å²) < 4.78 is 35.9. The number of anilines is 1. The Morgan fingerprint density at radius 3 is 2.25 bits per heavy atom. The Hall–Kier alpha value is -1.73. The molecular weight excluding hydrogens is 349 g/mol. The van der Waals surface area contributed by atoms with Crippen molar-refractivity contribution < 1.29 is 17.1 Å². The van der Waals surface area contributed by atoms with Crippen LogP contribution in [0.1, 0.15) is 10.4 Å². The van der Waals surface area contributed by atoms with Gasteiger partial charge in [0.2, 0.25) is 0 Å². The third-order valence-electron chi connectivity index (χ3n) is 2.50. The van der Waals surface area contributed by atoms with Crippen LogP contribution in [0.5, 0.6) is 0 Å². The van der Waals surface area contributed by atoms with Crippen molar-refractivity contribution >= 4 is 37.7 Å². The molecule has 7 heteroatoms. The third-order valence-corrected chi connectivity index (χ3v) is 3.91.